The molecule has 1 aromatic carbocycles. The largest absolute Gasteiger partial charge is 0.393 e. The van der Waals surface area contributed by atoms with Crippen LogP contribution in [0.3, 0.4) is 0 Å². The fraction of sp³-hybridized carbons (Fsp3) is 0.571. The predicted molar refractivity (Wildman–Crippen MR) is 66.2 cm³/mol. The van der Waals surface area contributed by atoms with Crippen LogP contribution in [0, 0.1) is 11.6 Å². The average molecular weight is 255 g/mol. The Morgan fingerprint density at radius 3 is 2.56 bits per heavy atom. The number of likely N-dealkylation sites (tertiary alicyclic amines) is 1. The van der Waals surface area contributed by atoms with E-state index in [0.29, 0.717) is 5.56 Å². The molecule has 1 N–H and O–H groups in total. The van der Waals surface area contributed by atoms with Gasteiger partial charge in [0.2, 0.25) is 0 Å². The van der Waals surface area contributed by atoms with Crippen LogP contribution >= 0.6 is 0 Å². The molecule has 1 unspecified atom stereocenters. The van der Waals surface area contributed by atoms with E-state index >= 15 is 0 Å². The Kier molecular flexibility index (Phi) is 4.30. The lowest BCUT2D eigenvalue weighted by Crippen LogP contribution is -2.38. The van der Waals surface area contributed by atoms with Crippen molar-refractivity contribution in [2.24, 2.45) is 0 Å². The number of halogens is 2. The number of aliphatic hydroxyl groups is 1. The standard InChI is InChI=1S/C14H19F2NO/c1-2-14(17-7-5-11(18)6-8-17)12-4-3-10(15)9-13(12)16/h3-4,9,11,14,18H,2,5-8H2,1H3. The maximum absolute atomic E-state index is 13.8. The molecule has 18 heavy (non-hydrogen) atoms. The number of piperidine rings is 1. The van der Waals surface area contributed by atoms with Crippen LogP contribution < -0.4 is 0 Å². The second-order valence-corrected chi connectivity index (χ2v) is 4.86. The van der Waals surface area contributed by atoms with Crippen LogP contribution in [-0.2, 0) is 0 Å². The van der Waals surface area contributed by atoms with Crippen molar-refractivity contribution in [3.63, 3.8) is 0 Å². The Balaban J connectivity index is 2.17. The number of hydrogen-bond acceptors (Lipinski definition) is 2. The predicted octanol–water partition coefficient (Wildman–Crippen LogP) is 2.87. The molecule has 2 nitrogen and oxygen atoms in total. The summed E-state index contributed by atoms with van der Waals surface area (Å²) in [6, 6.07) is 3.75. The molecule has 0 bridgehead atoms. The van der Waals surface area contributed by atoms with Crippen LogP contribution in [0.1, 0.15) is 37.8 Å². The summed E-state index contributed by atoms with van der Waals surface area (Å²) >= 11 is 0. The first-order chi connectivity index (χ1) is 8.61. The van der Waals surface area contributed by atoms with Crippen LogP contribution in [0.2, 0.25) is 0 Å². The third-order valence-electron chi connectivity index (χ3n) is 3.65. The first-order valence-corrected chi connectivity index (χ1v) is 6.49. The minimum absolute atomic E-state index is 0.0295. The lowest BCUT2D eigenvalue weighted by molar-refractivity contribution is 0.0584. The first kappa shape index (κ1) is 13.4. The molecule has 0 aromatic heterocycles. The molecule has 100 valence electrons. The monoisotopic (exact) mass is 255 g/mol. The fourth-order valence-electron chi connectivity index (χ4n) is 2.64. The zero-order chi connectivity index (χ0) is 13.1. The molecule has 0 radical (unpaired) electrons. The molecular formula is C14H19F2NO. The SMILES string of the molecule is CCC(c1ccc(F)cc1F)N1CCC(O)CC1. The van der Waals surface area contributed by atoms with Crippen LogP contribution in [0.25, 0.3) is 0 Å². The highest BCUT2D eigenvalue weighted by Crippen LogP contribution is 2.29. The summed E-state index contributed by atoms with van der Waals surface area (Å²) < 4.78 is 26.7. The topological polar surface area (TPSA) is 23.5 Å². The van der Waals surface area contributed by atoms with E-state index in [2.05, 4.69) is 4.90 Å². The van der Waals surface area contributed by atoms with Crippen molar-refractivity contribution in [2.75, 3.05) is 13.1 Å². The van der Waals surface area contributed by atoms with E-state index < -0.39 is 11.6 Å². The minimum atomic E-state index is -0.542. The normalized spacial score (nSPS) is 20.0. The highest BCUT2D eigenvalue weighted by atomic mass is 19.1. The van der Waals surface area contributed by atoms with Crippen molar-refractivity contribution in [3.8, 4) is 0 Å². The summed E-state index contributed by atoms with van der Waals surface area (Å²) in [5.74, 6) is -1.02. The molecule has 1 aliphatic heterocycles. The summed E-state index contributed by atoms with van der Waals surface area (Å²) in [6.07, 6.45) is 1.98. The summed E-state index contributed by atoms with van der Waals surface area (Å²) in [5.41, 5.74) is 0.551. The van der Waals surface area contributed by atoms with Gasteiger partial charge in [-0.1, -0.05) is 13.0 Å². The van der Waals surface area contributed by atoms with Gasteiger partial charge in [-0.2, -0.15) is 0 Å². The van der Waals surface area contributed by atoms with Gasteiger partial charge in [0.1, 0.15) is 11.6 Å². The lowest BCUT2D eigenvalue weighted by Gasteiger charge is -2.36. The summed E-state index contributed by atoms with van der Waals surface area (Å²) in [5, 5.41) is 9.49. The summed E-state index contributed by atoms with van der Waals surface area (Å²) in [7, 11) is 0. The molecule has 2 rings (SSSR count). The zero-order valence-electron chi connectivity index (χ0n) is 10.6. The number of rotatable bonds is 3. The average Bonchev–Trinajstić information content (AvgIpc) is 2.35. The quantitative estimate of drug-likeness (QED) is 0.897. The van der Waals surface area contributed by atoms with E-state index in [-0.39, 0.29) is 12.1 Å². The Hall–Kier alpha value is -1.00. The Morgan fingerprint density at radius 1 is 1.33 bits per heavy atom. The van der Waals surface area contributed by atoms with Crippen LogP contribution in [0.4, 0.5) is 8.78 Å². The molecule has 1 atom stereocenters. The fourth-order valence-corrected chi connectivity index (χ4v) is 2.64. The molecule has 0 aliphatic carbocycles. The van der Waals surface area contributed by atoms with Crippen molar-refractivity contribution >= 4 is 0 Å². The first-order valence-electron chi connectivity index (χ1n) is 6.49. The van der Waals surface area contributed by atoms with E-state index in [1.165, 1.54) is 12.1 Å². The van der Waals surface area contributed by atoms with E-state index in [9.17, 15) is 13.9 Å². The van der Waals surface area contributed by atoms with E-state index in [1.54, 1.807) is 0 Å². The van der Waals surface area contributed by atoms with Crippen molar-refractivity contribution in [3.05, 3.63) is 35.4 Å². The molecule has 0 spiro atoms. The van der Waals surface area contributed by atoms with Crippen molar-refractivity contribution in [2.45, 2.75) is 38.3 Å². The number of benzene rings is 1. The highest BCUT2D eigenvalue weighted by molar-refractivity contribution is 5.22. The maximum Gasteiger partial charge on any atom is 0.130 e. The Bertz CT molecular complexity index is 403. The molecule has 1 heterocycles. The second-order valence-electron chi connectivity index (χ2n) is 4.86. The minimum Gasteiger partial charge on any atom is -0.393 e. The second kappa shape index (κ2) is 5.76. The molecule has 4 heteroatoms. The molecular weight excluding hydrogens is 236 g/mol. The molecule has 1 fully saturated rings. The van der Waals surface area contributed by atoms with Gasteiger partial charge in [0.25, 0.3) is 0 Å². The van der Waals surface area contributed by atoms with Crippen molar-refractivity contribution in [1.82, 2.24) is 4.90 Å². The smallest absolute Gasteiger partial charge is 0.130 e. The Labute approximate surface area is 106 Å². The third kappa shape index (κ3) is 2.87. The van der Waals surface area contributed by atoms with E-state index in [1.807, 2.05) is 6.92 Å². The van der Waals surface area contributed by atoms with Gasteiger partial charge >= 0.3 is 0 Å². The van der Waals surface area contributed by atoms with Crippen molar-refractivity contribution in [1.29, 1.82) is 0 Å². The Morgan fingerprint density at radius 2 is 2.00 bits per heavy atom. The van der Waals surface area contributed by atoms with Crippen LogP contribution in [-0.4, -0.2) is 29.2 Å². The maximum atomic E-state index is 13.8. The van der Waals surface area contributed by atoms with Crippen LogP contribution in [0.5, 0.6) is 0 Å². The van der Waals surface area contributed by atoms with Gasteiger partial charge < -0.3 is 5.11 Å². The molecule has 0 saturated carbocycles. The highest BCUT2D eigenvalue weighted by Gasteiger charge is 2.25. The van der Waals surface area contributed by atoms with E-state index in [4.69, 9.17) is 0 Å². The van der Waals surface area contributed by atoms with Gasteiger partial charge in [-0.25, -0.2) is 8.78 Å². The van der Waals surface area contributed by atoms with E-state index in [0.717, 1.165) is 38.4 Å². The zero-order valence-corrected chi connectivity index (χ0v) is 10.6. The number of aliphatic hydroxyl groups excluding tert-OH is 1. The van der Waals surface area contributed by atoms with Gasteiger partial charge in [0, 0.05) is 30.8 Å². The van der Waals surface area contributed by atoms with Gasteiger partial charge in [-0.3, -0.25) is 4.90 Å². The summed E-state index contributed by atoms with van der Waals surface area (Å²) in [6.45, 7) is 3.52. The molecule has 1 aliphatic rings. The van der Waals surface area contributed by atoms with Crippen molar-refractivity contribution < 1.29 is 13.9 Å². The van der Waals surface area contributed by atoms with Crippen LogP contribution in [0.15, 0.2) is 18.2 Å². The molecule has 1 aromatic rings. The van der Waals surface area contributed by atoms with Gasteiger partial charge in [0.15, 0.2) is 0 Å². The third-order valence-corrected chi connectivity index (χ3v) is 3.65. The molecule has 1 saturated heterocycles. The summed E-state index contributed by atoms with van der Waals surface area (Å²) in [4.78, 5) is 2.17. The number of nitrogens with zero attached hydrogens (tertiary/aromatic N) is 1. The van der Waals surface area contributed by atoms with Gasteiger partial charge in [0.05, 0.1) is 6.10 Å². The number of hydrogen-bond donors (Lipinski definition) is 1. The van der Waals surface area contributed by atoms with Gasteiger partial charge in [-0.05, 0) is 25.3 Å². The molecule has 0 amide bonds. The lowest BCUT2D eigenvalue weighted by atomic mass is 9.98. The van der Waals surface area contributed by atoms with Gasteiger partial charge in [-0.15, -0.1) is 0 Å².